The van der Waals surface area contributed by atoms with E-state index >= 15 is 0 Å². The minimum absolute atomic E-state index is 0.0291. The highest BCUT2D eigenvalue weighted by Gasteiger charge is 2.20. The van der Waals surface area contributed by atoms with Crippen molar-refractivity contribution in [2.24, 2.45) is 0 Å². The Bertz CT molecular complexity index is 846. The van der Waals surface area contributed by atoms with E-state index in [1.807, 2.05) is 74.9 Å². The van der Waals surface area contributed by atoms with Crippen LogP contribution in [0, 0.1) is 0 Å². The summed E-state index contributed by atoms with van der Waals surface area (Å²) in [6.45, 7) is 0.858. The molecule has 1 N–H and O–H groups in total. The molecule has 0 aliphatic heterocycles. The molecule has 1 amide bonds. The second-order valence-corrected chi connectivity index (χ2v) is 6.48. The molecule has 0 aliphatic carbocycles. The van der Waals surface area contributed by atoms with Crippen LogP contribution in [0.1, 0.15) is 17.9 Å². The summed E-state index contributed by atoms with van der Waals surface area (Å²) in [7, 11) is 4.05. The third-order valence-corrected chi connectivity index (χ3v) is 4.29. The standard InChI is InChI=1S/C21H23N3O/c1-24(2)13-11-20(16-6-4-3-5-7-16)21(25)23-19-9-8-18-15-22-12-10-17(18)14-19/h3-10,12,14-15,20H,11,13H2,1-2H3,(H,23,25)/t20-/m0/s1. The lowest BCUT2D eigenvalue weighted by molar-refractivity contribution is -0.117. The number of fused-ring (bicyclic) bond motifs is 1. The highest BCUT2D eigenvalue weighted by molar-refractivity contribution is 5.97. The molecule has 4 heteroatoms. The molecule has 0 saturated carbocycles. The van der Waals surface area contributed by atoms with Gasteiger partial charge in [0.1, 0.15) is 0 Å². The monoisotopic (exact) mass is 333 g/mol. The predicted molar refractivity (Wildman–Crippen MR) is 103 cm³/mol. The van der Waals surface area contributed by atoms with Gasteiger partial charge in [0.2, 0.25) is 5.91 Å². The molecular weight excluding hydrogens is 310 g/mol. The number of amides is 1. The Morgan fingerprint density at radius 2 is 1.88 bits per heavy atom. The summed E-state index contributed by atoms with van der Waals surface area (Å²) in [4.78, 5) is 19.1. The van der Waals surface area contributed by atoms with Gasteiger partial charge in [0, 0.05) is 23.5 Å². The number of anilines is 1. The Labute approximate surface area is 148 Å². The molecule has 1 atom stereocenters. The van der Waals surface area contributed by atoms with Gasteiger partial charge >= 0.3 is 0 Å². The molecule has 0 unspecified atom stereocenters. The molecule has 25 heavy (non-hydrogen) atoms. The van der Waals surface area contributed by atoms with Crippen LogP contribution in [-0.4, -0.2) is 36.4 Å². The maximum absolute atomic E-state index is 12.9. The van der Waals surface area contributed by atoms with Gasteiger partial charge in [0.25, 0.3) is 0 Å². The van der Waals surface area contributed by atoms with Crippen LogP contribution in [0.25, 0.3) is 10.8 Å². The van der Waals surface area contributed by atoms with Crippen molar-refractivity contribution >= 4 is 22.4 Å². The van der Waals surface area contributed by atoms with Crippen LogP contribution in [0.3, 0.4) is 0 Å². The van der Waals surface area contributed by atoms with Crippen LogP contribution < -0.4 is 5.32 Å². The molecule has 3 rings (SSSR count). The third-order valence-electron chi connectivity index (χ3n) is 4.29. The Morgan fingerprint density at radius 3 is 2.64 bits per heavy atom. The van der Waals surface area contributed by atoms with Gasteiger partial charge in [-0.05, 0) is 56.2 Å². The number of hydrogen-bond acceptors (Lipinski definition) is 3. The van der Waals surface area contributed by atoms with E-state index in [9.17, 15) is 4.79 Å². The van der Waals surface area contributed by atoms with Crippen molar-refractivity contribution in [3.8, 4) is 0 Å². The number of carbonyl (C=O) groups excluding carboxylic acids is 1. The van der Waals surface area contributed by atoms with Crippen molar-refractivity contribution in [3.63, 3.8) is 0 Å². The topological polar surface area (TPSA) is 45.2 Å². The van der Waals surface area contributed by atoms with Crippen molar-refractivity contribution in [2.75, 3.05) is 26.0 Å². The van der Waals surface area contributed by atoms with Crippen molar-refractivity contribution in [1.82, 2.24) is 9.88 Å². The fraction of sp³-hybridized carbons (Fsp3) is 0.238. The fourth-order valence-corrected chi connectivity index (χ4v) is 2.91. The number of benzene rings is 2. The lowest BCUT2D eigenvalue weighted by Gasteiger charge is -2.19. The number of aromatic nitrogens is 1. The van der Waals surface area contributed by atoms with E-state index in [-0.39, 0.29) is 11.8 Å². The molecule has 0 spiro atoms. The molecule has 1 heterocycles. The number of hydrogen-bond donors (Lipinski definition) is 1. The molecule has 128 valence electrons. The van der Waals surface area contributed by atoms with E-state index in [2.05, 4.69) is 15.2 Å². The van der Waals surface area contributed by atoms with Crippen LogP contribution in [0.2, 0.25) is 0 Å². The molecule has 0 bridgehead atoms. The van der Waals surface area contributed by atoms with E-state index in [0.717, 1.165) is 35.0 Å². The Kier molecular flexibility index (Phi) is 5.41. The quantitative estimate of drug-likeness (QED) is 0.744. The second kappa shape index (κ2) is 7.90. The molecule has 0 aliphatic rings. The highest BCUT2D eigenvalue weighted by atomic mass is 16.1. The summed E-state index contributed by atoms with van der Waals surface area (Å²) in [5, 5.41) is 5.21. The molecule has 0 fully saturated rings. The van der Waals surface area contributed by atoms with Crippen molar-refractivity contribution in [1.29, 1.82) is 0 Å². The van der Waals surface area contributed by atoms with E-state index < -0.39 is 0 Å². The zero-order chi connectivity index (χ0) is 17.6. The third kappa shape index (κ3) is 4.43. The van der Waals surface area contributed by atoms with E-state index in [1.165, 1.54) is 0 Å². The summed E-state index contributed by atoms with van der Waals surface area (Å²) in [6.07, 6.45) is 4.36. The Morgan fingerprint density at radius 1 is 1.08 bits per heavy atom. The predicted octanol–water partition coefficient (Wildman–Crippen LogP) is 3.91. The van der Waals surface area contributed by atoms with Gasteiger partial charge in [-0.3, -0.25) is 9.78 Å². The Hall–Kier alpha value is -2.72. The molecular formula is C21H23N3O. The number of rotatable bonds is 6. The first kappa shape index (κ1) is 17.1. The van der Waals surface area contributed by atoms with Crippen molar-refractivity contribution in [3.05, 3.63) is 72.6 Å². The second-order valence-electron chi connectivity index (χ2n) is 6.48. The lowest BCUT2D eigenvalue weighted by Crippen LogP contribution is -2.25. The zero-order valence-electron chi connectivity index (χ0n) is 14.6. The van der Waals surface area contributed by atoms with Crippen LogP contribution in [0.15, 0.2) is 67.0 Å². The molecule has 4 nitrogen and oxygen atoms in total. The first-order chi connectivity index (χ1) is 12.1. The zero-order valence-corrected chi connectivity index (χ0v) is 14.6. The average Bonchev–Trinajstić information content (AvgIpc) is 2.62. The first-order valence-electron chi connectivity index (χ1n) is 8.48. The SMILES string of the molecule is CN(C)CC[C@H](C(=O)Nc1ccc2cnccc2c1)c1ccccc1. The van der Waals surface area contributed by atoms with E-state index in [4.69, 9.17) is 0 Å². The van der Waals surface area contributed by atoms with Gasteiger partial charge in [0.15, 0.2) is 0 Å². The molecule has 1 aromatic heterocycles. The van der Waals surface area contributed by atoms with Crippen LogP contribution in [0.5, 0.6) is 0 Å². The first-order valence-corrected chi connectivity index (χ1v) is 8.48. The molecule has 0 saturated heterocycles. The number of carbonyl (C=O) groups is 1. The minimum atomic E-state index is -0.170. The van der Waals surface area contributed by atoms with Crippen LogP contribution in [0.4, 0.5) is 5.69 Å². The smallest absolute Gasteiger partial charge is 0.231 e. The van der Waals surface area contributed by atoms with E-state index in [0.29, 0.717) is 0 Å². The summed E-state index contributed by atoms with van der Waals surface area (Å²) in [5.74, 6) is -0.141. The van der Waals surface area contributed by atoms with Gasteiger partial charge in [-0.2, -0.15) is 0 Å². The molecule has 3 aromatic rings. The number of nitrogens with zero attached hydrogens (tertiary/aromatic N) is 2. The number of nitrogens with one attached hydrogen (secondary N) is 1. The van der Waals surface area contributed by atoms with Crippen LogP contribution >= 0.6 is 0 Å². The fourth-order valence-electron chi connectivity index (χ4n) is 2.91. The molecule has 0 radical (unpaired) electrons. The minimum Gasteiger partial charge on any atom is -0.326 e. The van der Waals surface area contributed by atoms with Gasteiger partial charge in [-0.25, -0.2) is 0 Å². The summed E-state index contributed by atoms with van der Waals surface area (Å²) >= 11 is 0. The summed E-state index contributed by atoms with van der Waals surface area (Å²) in [5.41, 5.74) is 1.86. The van der Waals surface area contributed by atoms with E-state index in [1.54, 1.807) is 6.20 Å². The maximum atomic E-state index is 12.9. The lowest BCUT2D eigenvalue weighted by atomic mass is 9.94. The summed E-state index contributed by atoms with van der Waals surface area (Å²) < 4.78 is 0. The highest BCUT2D eigenvalue weighted by Crippen LogP contribution is 2.24. The van der Waals surface area contributed by atoms with Crippen molar-refractivity contribution in [2.45, 2.75) is 12.3 Å². The van der Waals surface area contributed by atoms with Crippen LogP contribution in [-0.2, 0) is 4.79 Å². The summed E-state index contributed by atoms with van der Waals surface area (Å²) in [6, 6.07) is 17.8. The Balaban J connectivity index is 1.81. The van der Waals surface area contributed by atoms with Gasteiger partial charge in [-0.1, -0.05) is 36.4 Å². The average molecular weight is 333 g/mol. The normalized spacial score (nSPS) is 12.3. The largest absolute Gasteiger partial charge is 0.326 e. The molecule has 2 aromatic carbocycles. The van der Waals surface area contributed by atoms with Gasteiger partial charge in [-0.15, -0.1) is 0 Å². The number of pyridine rings is 1. The van der Waals surface area contributed by atoms with Gasteiger partial charge < -0.3 is 10.2 Å². The maximum Gasteiger partial charge on any atom is 0.231 e. The van der Waals surface area contributed by atoms with Gasteiger partial charge in [0.05, 0.1) is 5.92 Å². The van der Waals surface area contributed by atoms with Crippen molar-refractivity contribution < 1.29 is 4.79 Å².